The zero-order valence-electron chi connectivity index (χ0n) is 9.03. The van der Waals surface area contributed by atoms with Gasteiger partial charge in [0.25, 0.3) is 0 Å². The van der Waals surface area contributed by atoms with Crippen molar-refractivity contribution in [1.29, 1.82) is 0 Å². The first kappa shape index (κ1) is 12.4. The van der Waals surface area contributed by atoms with Crippen LogP contribution in [0.25, 0.3) is 6.08 Å². The van der Waals surface area contributed by atoms with Gasteiger partial charge in [-0.15, -0.1) is 0 Å². The Morgan fingerprint density at radius 1 is 1.29 bits per heavy atom. The third-order valence-corrected chi connectivity index (χ3v) is 1.67. The van der Waals surface area contributed by atoms with E-state index >= 15 is 0 Å². The minimum Gasteiger partial charge on any atom is -0.349 e. The maximum Gasteiger partial charge on any atom is 0.218 e. The lowest BCUT2D eigenvalue weighted by molar-refractivity contribution is -0.126. The molecular formula is C12H17NO. The summed E-state index contributed by atoms with van der Waals surface area (Å²) in [5.74, 6) is 0.0926. The Balaban J connectivity index is 0.000000255. The highest BCUT2D eigenvalue weighted by atomic mass is 16.2. The largest absolute Gasteiger partial charge is 0.349 e. The van der Waals surface area contributed by atoms with Gasteiger partial charge in [-0.25, -0.2) is 0 Å². The van der Waals surface area contributed by atoms with Gasteiger partial charge >= 0.3 is 0 Å². The Hall–Kier alpha value is -1.57. The molecule has 0 bridgehead atoms. The molecular weight excluding hydrogens is 174 g/mol. The molecule has 0 aromatic heterocycles. The number of carbonyl (C=O) groups excluding carboxylic acids is 1. The minimum absolute atomic E-state index is 0.0926. The van der Waals surface area contributed by atoms with Gasteiger partial charge in [-0.05, 0) is 5.56 Å². The Kier molecular flexibility index (Phi) is 6.12. The van der Waals surface area contributed by atoms with Crippen LogP contribution >= 0.6 is 0 Å². The van der Waals surface area contributed by atoms with Gasteiger partial charge in [-0.1, -0.05) is 43.0 Å². The topological polar surface area (TPSA) is 20.3 Å². The quantitative estimate of drug-likeness (QED) is 0.667. The van der Waals surface area contributed by atoms with Crippen molar-refractivity contribution < 1.29 is 4.79 Å². The van der Waals surface area contributed by atoms with Crippen LogP contribution in [0.4, 0.5) is 0 Å². The predicted molar refractivity (Wildman–Crippen MR) is 60.9 cm³/mol. The number of nitrogens with zero attached hydrogens (tertiary/aromatic N) is 1. The third kappa shape index (κ3) is 6.00. The van der Waals surface area contributed by atoms with Crippen LogP contribution < -0.4 is 0 Å². The minimum atomic E-state index is 0.0926. The summed E-state index contributed by atoms with van der Waals surface area (Å²) in [5.41, 5.74) is 1.17. The van der Waals surface area contributed by atoms with E-state index in [1.54, 1.807) is 14.1 Å². The normalized spacial score (nSPS) is 8.21. The molecule has 76 valence electrons. The molecule has 1 amide bonds. The molecule has 1 rings (SSSR count). The van der Waals surface area contributed by atoms with E-state index < -0.39 is 0 Å². The average Bonchev–Trinajstić information content (AvgIpc) is 2.20. The van der Waals surface area contributed by atoms with Gasteiger partial charge in [0, 0.05) is 21.0 Å². The second-order valence-corrected chi connectivity index (χ2v) is 3.03. The molecule has 0 fully saturated rings. The fourth-order valence-electron chi connectivity index (χ4n) is 0.589. The van der Waals surface area contributed by atoms with Crippen molar-refractivity contribution in [1.82, 2.24) is 4.90 Å². The van der Waals surface area contributed by atoms with Crippen molar-refractivity contribution in [2.45, 2.75) is 6.92 Å². The molecule has 0 unspecified atom stereocenters. The van der Waals surface area contributed by atoms with Gasteiger partial charge in [0.2, 0.25) is 5.91 Å². The van der Waals surface area contributed by atoms with Crippen molar-refractivity contribution >= 4 is 12.0 Å². The zero-order chi connectivity index (χ0) is 11.0. The first-order valence-corrected chi connectivity index (χ1v) is 4.43. The summed E-state index contributed by atoms with van der Waals surface area (Å²) in [6.45, 7) is 5.16. The van der Waals surface area contributed by atoms with Crippen molar-refractivity contribution in [2.75, 3.05) is 14.1 Å². The van der Waals surface area contributed by atoms with Crippen molar-refractivity contribution in [2.24, 2.45) is 0 Å². The van der Waals surface area contributed by atoms with Crippen LogP contribution in [0.2, 0.25) is 0 Å². The summed E-state index contributed by atoms with van der Waals surface area (Å²) in [6, 6.07) is 10.0. The zero-order valence-corrected chi connectivity index (χ0v) is 9.03. The second-order valence-electron chi connectivity index (χ2n) is 3.03. The lowest BCUT2D eigenvalue weighted by Gasteiger charge is -2.02. The van der Waals surface area contributed by atoms with Crippen molar-refractivity contribution in [3.05, 3.63) is 42.5 Å². The number of hydrogen-bond donors (Lipinski definition) is 0. The smallest absolute Gasteiger partial charge is 0.218 e. The fourth-order valence-corrected chi connectivity index (χ4v) is 0.589. The maximum atomic E-state index is 10.1. The van der Waals surface area contributed by atoms with Gasteiger partial charge in [0.15, 0.2) is 0 Å². The Morgan fingerprint density at radius 3 is 1.93 bits per heavy atom. The molecule has 0 saturated heterocycles. The molecule has 14 heavy (non-hydrogen) atoms. The third-order valence-electron chi connectivity index (χ3n) is 1.67. The van der Waals surface area contributed by atoms with Crippen LogP contribution in [0, 0.1) is 0 Å². The summed E-state index contributed by atoms with van der Waals surface area (Å²) in [4.78, 5) is 11.6. The number of carbonyl (C=O) groups is 1. The molecule has 0 heterocycles. The summed E-state index contributed by atoms with van der Waals surface area (Å²) >= 11 is 0. The molecule has 0 saturated carbocycles. The molecule has 0 aliphatic heterocycles. The summed E-state index contributed by atoms with van der Waals surface area (Å²) < 4.78 is 0. The predicted octanol–water partition coefficient (Wildman–Crippen LogP) is 2.42. The SMILES string of the molecule is C=Cc1ccccc1.CC(=O)N(C)C. The van der Waals surface area contributed by atoms with Crippen LogP contribution in [0.1, 0.15) is 12.5 Å². The van der Waals surface area contributed by atoms with Gasteiger partial charge < -0.3 is 4.90 Å². The number of benzene rings is 1. The van der Waals surface area contributed by atoms with Gasteiger partial charge in [0.1, 0.15) is 0 Å². The van der Waals surface area contributed by atoms with E-state index in [0.717, 1.165) is 0 Å². The highest BCUT2D eigenvalue weighted by Crippen LogP contribution is 1.97. The number of rotatable bonds is 1. The molecule has 2 nitrogen and oxygen atoms in total. The van der Waals surface area contributed by atoms with E-state index in [2.05, 4.69) is 6.58 Å². The van der Waals surface area contributed by atoms with E-state index in [1.807, 2.05) is 36.4 Å². The Morgan fingerprint density at radius 2 is 1.71 bits per heavy atom. The Bertz CT molecular complexity index is 278. The highest BCUT2D eigenvalue weighted by molar-refractivity contribution is 5.72. The van der Waals surface area contributed by atoms with E-state index in [1.165, 1.54) is 17.4 Å². The number of hydrogen-bond acceptors (Lipinski definition) is 1. The molecule has 0 N–H and O–H groups in total. The first-order chi connectivity index (χ1) is 6.57. The van der Waals surface area contributed by atoms with Crippen LogP contribution in [0.5, 0.6) is 0 Å². The van der Waals surface area contributed by atoms with Gasteiger partial charge in [-0.2, -0.15) is 0 Å². The molecule has 0 aliphatic carbocycles. The van der Waals surface area contributed by atoms with E-state index in [4.69, 9.17) is 0 Å². The summed E-state index contributed by atoms with van der Waals surface area (Å²) in [7, 11) is 3.45. The van der Waals surface area contributed by atoms with Gasteiger partial charge in [0.05, 0.1) is 0 Å². The molecule has 1 aromatic rings. The standard InChI is InChI=1S/C8H8.C4H9NO/c1-2-8-6-4-3-5-7-8;1-4(6)5(2)3/h2-7H,1H2;1-3H3. The van der Waals surface area contributed by atoms with Crippen LogP contribution in [0.3, 0.4) is 0 Å². The van der Waals surface area contributed by atoms with Crippen LogP contribution in [-0.2, 0) is 4.79 Å². The van der Waals surface area contributed by atoms with Gasteiger partial charge in [-0.3, -0.25) is 4.79 Å². The number of amides is 1. The first-order valence-electron chi connectivity index (χ1n) is 4.43. The second kappa shape index (κ2) is 6.89. The van der Waals surface area contributed by atoms with Crippen LogP contribution in [0.15, 0.2) is 36.9 Å². The Labute approximate surface area is 85.9 Å². The van der Waals surface area contributed by atoms with Crippen LogP contribution in [-0.4, -0.2) is 24.9 Å². The molecule has 0 atom stereocenters. The van der Waals surface area contributed by atoms with E-state index in [0.29, 0.717) is 0 Å². The highest BCUT2D eigenvalue weighted by Gasteiger charge is 1.87. The average molecular weight is 191 g/mol. The van der Waals surface area contributed by atoms with E-state index in [9.17, 15) is 4.79 Å². The molecule has 1 aromatic carbocycles. The van der Waals surface area contributed by atoms with Crippen molar-refractivity contribution in [3.63, 3.8) is 0 Å². The molecule has 0 spiro atoms. The lowest BCUT2D eigenvalue weighted by atomic mass is 10.2. The molecule has 0 radical (unpaired) electrons. The fraction of sp³-hybridized carbons (Fsp3) is 0.250. The molecule has 2 heteroatoms. The van der Waals surface area contributed by atoms with E-state index in [-0.39, 0.29) is 5.91 Å². The summed E-state index contributed by atoms with van der Waals surface area (Å²) in [6.07, 6.45) is 1.83. The maximum absolute atomic E-state index is 10.1. The molecule has 0 aliphatic rings. The van der Waals surface area contributed by atoms with Crippen molar-refractivity contribution in [3.8, 4) is 0 Å². The summed E-state index contributed by atoms with van der Waals surface area (Å²) in [5, 5.41) is 0. The lowest BCUT2D eigenvalue weighted by Crippen LogP contribution is -2.17. The monoisotopic (exact) mass is 191 g/mol.